The second-order valence-corrected chi connectivity index (χ2v) is 3.59. The zero-order valence-corrected chi connectivity index (χ0v) is 8.11. The van der Waals surface area contributed by atoms with Crippen LogP contribution in [0.1, 0.15) is 19.7 Å². The zero-order chi connectivity index (χ0) is 10.6. The lowest BCUT2D eigenvalue weighted by Gasteiger charge is -2.22. The summed E-state index contributed by atoms with van der Waals surface area (Å²) in [6.07, 6.45) is 0.0555. The number of nitrogens with zero attached hydrogens (tertiary/aromatic N) is 3. The smallest absolute Gasteiger partial charge is 0.228 e. The lowest BCUT2D eigenvalue weighted by atomic mass is 10.1. The average Bonchev–Trinajstić information content (AvgIpc) is 2.55. The minimum Gasteiger partial charge on any atom is -0.394 e. The molecule has 0 fully saturated rings. The molecule has 0 radical (unpaired) electrons. The van der Waals surface area contributed by atoms with Crippen LogP contribution >= 0.6 is 0 Å². The predicted octanol–water partition coefficient (Wildman–Crippen LogP) is -1.37. The summed E-state index contributed by atoms with van der Waals surface area (Å²) >= 11 is 0. The Hall–Kier alpha value is -1.50. The molecule has 1 aromatic rings. The third kappa shape index (κ3) is 3.09. The molecule has 1 rings (SSSR count). The number of aliphatic hydroxyl groups excluding tert-OH is 1. The molecular weight excluding hydrogens is 186 g/mol. The van der Waals surface area contributed by atoms with Gasteiger partial charge in [-0.25, -0.2) is 0 Å². The van der Waals surface area contributed by atoms with E-state index in [1.165, 1.54) is 0 Å². The first-order valence-electron chi connectivity index (χ1n) is 4.18. The number of aliphatic hydroxyl groups is 1. The fourth-order valence-electron chi connectivity index (χ4n) is 0.862. The zero-order valence-electron chi connectivity index (χ0n) is 8.11. The van der Waals surface area contributed by atoms with Crippen molar-refractivity contribution in [1.29, 1.82) is 0 Å². The van der Waals surface area contributed by atoms with E-state index in [0.29, 0.717) is 5.82 Å². The van der Waals surface area contributed by atoms with Crippen LogP contribution in [0, 0.1) is 0 Å². The van der Waals surface area contributed by atoms with Crippen LogP contribution in [0.4, 0.5) is 0 Å². The summed E-state index contributed by atoms with van der Waals surface area (Å²) in [5.74, 6) is 0.0849. The Labute approximate surface area is 80.9 Å². The van der Waals surface area contributed by atoms with Gasteiger partial charge >= 0.3 is 0 Å². The van der Waals surface area contributed by atoms with Crippen molar-refractivity contribution in [2.24, 2.45) is 0 Å². The molecule has 0 aromatic carbocycles. The SMILES string of the molecule is CC(C)(CO)NC(=O)Cc1nn[nH]n1. The van der Waals surface area contributed by atoms with Crippen LogP contribution < -0.4 is 5.32 Å². The normalized spacial score (nSPS) is 11.4. The quantitative estimate of drug-likeness (QED) is 0.555. The Morgan fingerprint density at radius 2 is 2.36 bits per heavy atom. The van der Waals surface area contributed by atoms with Crippen LogP contribution in [-0.4, -0.2) is 43.8 Å². The molecule has 0 saturated carbocycles. The summed E-state index contributed by atoms with van der Waals surface area (Å²) in [7, 11) is 0. The van der Waals surface area contributed by atoms with Crippen molar-refractivity contribution in [3.8, 4) is 0 Å². The standard InChI is InChI=1S/C7H13N5O2/c1-7(2,4-13)8-6(14)3-5-9-11-12-10-5/h13H,3-4H2,1-2H3,(H,8,14)(H,9,10,11,12). The number of carbonyl (C=O) groups is 1. The van der Waals surface area contributed by atoms with Gasteiger partial charge in [0, 0.05) is 0 Å². The highest BCUT2D eigenvalue weighted by molar-refractivity contribution is 5.78. The van der Waals surface area contributed by atoms with E-state index in [4.69, 9.17) is 5.11 Å². The largest absolute Gasteiger partial charge is 0.394 e. The molecular formula is C7H13N5O2. The van der Waals surface area contributed by atoms with E-state index in [2.05, 4.69) is 25.9 Å². The summed E-state index contributed by atoms with van der Waals surface area (Å²) in [4.78, 5) is 11.3. The van der Waals surface area contributed by atoms with Crippen LogP contribution in [0.15, 0.2) is 0 Å². The van der Waals surface area contributed by atoms with E-state index in [-0.39, 0.29) is 18.9 Å². The van der Waals surface area contributed by atoms with Gasteiger partial charge in [0.25, 0.3) is 0 Å². The molecule has 1 amide bonds. The van der Waals surface area contributed by atoms with Crippen molar-refractivity contribution in [2.45, 2.75) is 25.8 Å². The van der Waals surface area contributed by atoms with Crippen LogP contribution in [0.2, 0.25) is 0 Å². The molecule has 1 heterocycles. The Morgan fingerprint density at radius 3 is 2.86 bits per heavy atom. The molecule has 7 nitrogen and oxygen atoms in total. The number of aromatic amines is 1. The molecule has 78 valence electrons. The van der Waals surface area contributed by atoms with E-state index in [1.54, 1.807) is 13.8 Å². The summed E-state index contributed by atoms with van der Waals surface area (Å²) in [6, 6.07) is 0. The van der Waals surface area contributed by atoms with E-state index in [9.17, 15) is 4.79 Å². The Kier molecular flexibility index (Phi) is 3.13. The summed E-state index contributed by atoms with van der Waals surface area (Å²) in [6.45, 7) is 3.33. The van der Waals surface area contributed by atoms with Crippen molar-refractivity contribution in [2.75, 3.05) is 6.61 Å². The molecule has 1 aromatic heterocycles. The van der Waals surface area contributed by atoms with Crippen LogP contribution in [-0.2, 0) is 11.2 Å². The van der Waals surface area contributed by atoms with Gasteiger partial charge in [0.1, 0.15) is 0 Å². The van der Waals surface area contributed by atoms with Crippen molar-refractivity contribution < 1.29 is 9.90 Å². The maximum Gasteiger partial charge on any atom is 0.228 e. The molecule has 0 unspecified atom stereocenters. The maximum atomic E-state index is 11.3. The summed E-state index contributed by atoms with van der Waals surface area (Å²) in [5, 5.41) is 24.4. The predicted molar refractivity (Wildman–Crippen MR) is 47.2 cm³/mol. The fourth-order valence-corrected chi connectivity index (χ4v) is 0.862. The van der Waals surface area contributed by atoms with Gasteiger partial charge in [0.2, 0.25) is 5.91 Å². The number of rotatable bonds is 4. The maximum absolute atomic E-state index is 11.3. The fraction of sp³-hybridized carbons (Fsp3) is 0.714. The Morgan fingerprint density at radius 1 is 1.64 bits per heavy atom. The van der Waals surface area contributed by atoms with E-state index in [0.717, 1.165) is 0 Å². The van der Waals surface area contributed by atoms with Crippen LogP contribution in [0.25, 0.3) is 0 Å². The molecule has 0 aliphatic rings. The van der Waals surface area contributed by atoms with Gasteiger partial charge in [0.15, 0.2) is 5.82 Å². The Balaban J connectivity index is 2.44. The van der Waals surface area contributed by atoms with Gasteiger partial charge in [0.05, 0.1) is 18.6 Å². The molecule has 7 heteroatoms. The lowest BCUT2D eigenvalue weighted by molar-refractivity contribution is -0.122. The number of aromatic nitrogens is 4. The van der Waals surface area contributed by atoms with Gasteiger partial charge in [-0.05, 0) is 13.8 Å². The minimum absolute atomic E-state index is 0.0555. The van der Waals surface area contributed by atoms with Gasteiger partial charge in [-0.1, -0.05) is 5.21 Å². The highest BCUT2D eigenvalue weighted by Gasteiger charge is 2.19. The summed E-state index contributed by atoms with van der Waals surface area (Å²) < 4.78 is 0. The molecule has 0 aliphatic heterocycles. The van der Waals surface area contributed by atoms with Gasteiger partial charge < -0.3 is 10.4 Å². The molecule has 3 N–H and O–H groups in total. The number of nitrogens with one attached hydrogen (secondary N) is 2. The second kappa shape index (κ2) is 4.14. The van der Waals surface area contributed by atoms with Gasteiger partial charge in [-0.3, -0.25) is 4.79 Å². The van der Waals surface area contributed by atoms with Crippen molar-refractivity contribution in [3.05, 3.63) is 5.82 Å². The number of hydrogen-bond donors (Lipinski definition) is 3. The van der Waals surface area contributed by atoms with Crippen molar-refractivity contribution in [1.82, 2.24) is 25.9 Å². The molecule has 14 heavy (non-hydrogen) atoms. The third-order valence-electron chi connectivity index (χ3n) is 1.58. The lowest BCUT2D eigenvalue weighted by Crippen LogP contribution is -2.46. The molecule has 0 bridgehead atoms. The molecule has 0 atom stereocenters. The highest BCUT2D eigenvalue weighted by atomic mass is 16.3. The first-order chi connectivity index (χ1) is 6.53. The minimum atomic E-state index is -0.624. The first kappa shape index (κ1) is 10.6. The van der Waals surface area contributed by atoms with E-state index in [1.807, 2.05) is 0 Å². The number of amides is 1. The van der Waals surface area contributed by atoms with Crippen LogP contribution in [0.3, 0.4) is 0 Å². The van der Waals surface area contributed by atoms with Gasteiger partial charge in [-0.15, -0.1) is 10.2 Å². The van der Waals surface area contributed by atoms with Gasteiger partial charge in [-0.2, -0.15) is 5.21 Å². The average molecular weight is 199 g/mol. The molecule has 0 aliphatic carbocycles. The highest BCUT2D eigenvalue weighted by Crippen LogP contribution is 2.00. The number of H-pyrrole nitrogens is 1. The monoisotopic (exact) mass is 199 g/mol. The second-order valence-electron chi connectivity index (χ2n) is 3.59. The Bertz CT molecular complexity index is 295. The van der Waals surface area contributed by atoms with Crippen molar-refractivity contribution >= 4 is 5.91 Å². The first-order valence-corrected chi connectivity index (χ1v) is 4.18. The van der Waals surface area contributed by atoms with E-state index < -0.39 is 5.54 Å². The number of hydrogen-bond acceptors (Lipinski definition) is 5. The topological polar surface area (TPSA) is 104 Å². The third-order valence-corrected chi connectivity index (χ3v) is 1.58. The molecule has 0 spiro atoms. The van der Waals surface area contributed by atoms with Crippen molar-refractivity contribution in [3.63, 3.8) is 0 Å². The summed E-state index contributed by atoms with van der Waals surface area (Å²) in [5.41, 5.74) is -0.624. The van der Waals surface area contributed by atoms with Crippen LogP contribution in [0.5, 0.6) is 0 Å². The molecule has 0 saturated heterocycles. The van der Waals surface area contributed by atoms with E-state index >= 15 is 0 Å². The number of carbonyl (C=O) groups excluding carboxylic acids is 1. The number of tetrazole rings is 1.